The fraction of sp³-hybridized carbons (Fsp3) is 0.619. The molecule has 1 aromatic carbocycles. The van der Waals surface area contributed by atoms with Crippen LogP contribution in [0.2, 0.25) is 0 Å². The monoisotopic (exact) mass is 374 g/mol. The SMILES string of the molecule is COc1ccc(CCN2C[C@H](C(=O)N3CCC(CO)CC3)CCC2=O)cc1. The summed E-state index contributed by atoms with van der Waals surface area (Å²) in [4.78, 5) is 28.9. The summed E-state index contributed by atoms with van der Waals surface area (Å²) in [5, 5.41) is 9.26. The molecule has 0 unspecified atom stereocenters. The Morgan fingerprint density at radius 2 is 1.89 bits per heavy atom. The number of hydrogen-bond donors (Lipinski definition) is 1. The lowest BCUT2D eigenvalue weighted by Crippen LogP contribution is -2.49. The molecule has 0 saturated carbocycles. The van der Waals surface area contributed by atoms with Gasteiger partial charge in [0.1, 0.15) is 5.75 Å². The van der Waals surface area contributed by atoms with Crippen LogP contribution in [0, 0.1) is 11.8 Å². The molecular formula is C21H30N2O4. The Balaban J connectivity index is 1.52. The minimum atomic E-state index is -0.0933. The van der Waals surface area contributed by atoms with Crippen molar-refractivity contribution in [3.05, 3.63) is 29.8 Å². The molecule has 0 aliphatic carbocycles. The number of ether oxygens (including phenoxy) is 1. The van der Waals surface area contributed by atoms with Crippen molar-refractivity contribution in [2.24, 2.45) is 11.8 Å². The second-order valence-electron chi connectivity index (χ2n) is 7.62. The van der Waals surface area contributed by atoms with E-state index in [-0.39, 0.29) is 24.3 Å². The van der Waals surface area contributed by atoms with Crippen molar-refractivity contribution in [1.82, 2.24) is 9.80 Å². The van der Waals surface area contributed by atoms with E-state index in [4.69, 9.17) is 4.74 Å². The van der Waals surface area contributed by atoms with Gasteiger partial charge >= 0.3 is 0 Å². The van der Waals surface area contributed by atoms with E-state index in [0.717, 1.165) is 43.7 Å². The fourth-order valence-corrected chi connectivity index (χ4v) is 3.98. The van der Waals surface area contributed by atoms with Crippen LogP contribution in [0.3, 0.4) is 0 Å². The summed E-state index contributed by atoms with van der Waals surface area (Å²) in [6, 6.07) is 7.88. The number of likely N-dealkylation sites (tertiary alicyclic amines) is 2. The van der Waals surface area contributed by atoms with E-state index in [1.807, 2.05) is 34.1 Å². The number of nitrogens with zero attached hydrogens (tertiary/aromatic N) is 2. The number of piperidine rings is 2. The highest BCUT2D eigenvalue weighted by Gasteiger charge is 2.33. The molecule has 2 amide bonds. The molecule has 2 fully saturated rings. The van der Waals surface area contributed by atoms with E-state index in [9.17, 15) is 14.7 Å². The third kappa shape index (κ3) is 5.01. The van der Waals surface area contributed by atoms with Crippen molar-refractivity contribution >= 4 is 11.8 Å². The largest absolute Gasteiger partial charge is 0.497 e. The van der Waals surface area contributed by atoms with E-state index in [1.165, 1.54) is 0 Å². The minimum absolute atomic E-state index is 0.0933. The molecule has 148 valence electrons. The maximum atomic E-state index is 12.9. The van der Waals surface area contributed by atoms with Gasteiger partial charge < -0.3 is 19.6 Å². The number of hydrogen-bond acceptors (Lipinski definition) is 4. The van der Waals surface area contributed by atoms with Crippen molar-refractivity contribution in [2.45, 2.75) is 32.1 Å². The minimum Gasteiger partial charge on any atom is -0.497 e. The molecule has 2 saturated heterocycles. The molecule has 0 aromatic heterocycles. The van der Waals surface area contributed by atoms with Gasteiger partial charge in [0.25, 0.3) is 0 Å². The van der Waals surface area contributed by atoms with Gasteiger partial charge in [-0.15, -0.1) is 0 Å². The Bertz CT molecular complexity index is 638. The molecule has 2 aliphatic rings. The van der Waals surface area contributed by atoms with Gasteiger partial charge in [0, 0.05) is 39.2 Å². The highest BCUT2D eigenvalue weighted by molar-refractivity contribution is 5.84. The Morgan fingerprint density at radius 3 is 2.52 bits per heavy atom. The number of aliphatic hydroxyl groups excluding tert-OH is 1. The van der Waals surface area contributed by atoms with E-state index in [1.54, 1.807) is 7.11 Å². The number of rotatable bonds is 6. The Labute approximate surface area is 161 Å². The van der Waals surface area contributed by atoms with Crippen LogP contribution in [-0.4, -0.2) is 66.6 Å². The predicted octanol–water partition coefficient (Wildman–Crippen LogP) is 1.71. The van der Waals surface area contributed by atoms with Crippen LogP contribution in [0.1, 0.15) is 31.2 Å². The van der Waals surface area contributed by atoms with Crippen molar-refractivity contribution < 1.29 is 19.4 Å². The van der Waals surface area contributed by atoms with Gasteiger partial charge in [0.05, 0.1) is 13.0 Å². The Hall–Kier alpha value is -2.08. The first-order valence-corrected chi connectivity index (χ1v) is 9.91. The van der Waals surface area contributed by atoms with Gasteiger partial charge in [-0.1, -0.05) is 12.1 Å². The zero-order valence-electron chi connectivity index (χ0n) is 16.1. The van der Waals surface area contributed by atoms with Crippen molar-refractivity contribution in [1.29, 1.82) is 0 Å². The molecule has 2 heterocycles. The lowest BCUT2D eigenvalue weighted by atomic mass is 9.92. The molecule has 3 rings (SSSR count). The summed E-state index contributed by atoms with van der Waals surface area (Å²) in [5.74, 6) is 1.37. The quantitative estimate of drug-likeness (QED) is 0.823. The zero-order valence-corrected chi connectivity index (χ0v) is 16.1. The van der Waals surface area contributed by atoms with Crippen molar-refractivity contribution in [3.8, 4) is 5.75 Å². The predicted molar refractivity (Wildman–Crippen MR) is 102 cm³/mol. The van der Waals surface area contributed by atoms with Gasteiger partial charge in [0.2, 0.25) is 11.8 Å². The third-order valence-corrected chi connectivity index (χ3v) is 5.86. The number of amides is 2. The molecule has 1 N–H and O–H groups in total. The lowest BCUT2D eigenvalue weighted by molar-refractivity contribution is -0.144. The molecule has 2 aliphatic heterocycles. The molecule has 0 radical (unpaired) electrons. The smallest absolute Gasteiger partial charge is 0.227 e. The standard InChI is InChI=1S/C21H30N2O4/c1-27-19-5-2-16(3-6-19)8-13-23-14-18(4-7-20(23)25)21(26)22-11-9-17(15-24)10-12-22/h2-3,5-6,17-18,24H,4,7-15H2,1H3/t18-/m1/s1. The summed E-state index contributed by atoms with van der Waals surface area (Å²) in [6.07, 6.45) is 3.62. The first-order valence-electron chi connectivity index (χ1n) is 9.91. The maximum Gasteiger partial charge on any atom is 0.227 e. The van der Waals surface area contributed by atoms with E-state index < -0.39 is 0 Å². The average Bonchev–Trinajstić information content (AvgIpc) is 2.73. The molecule has 6 heteroatoms. The van der Waals surface area contributed by atoms with E-state index >= 15 is 0 Å². The van der Waals surface area contributed by atoms with Gasteiger partial charge in [-0.2, -0.15) is 0 Å². The summed E-state index contributed by atoms with van der Waals surface area (Å²) >= 11 is 0. The van der Waals surface area contributed by atoms with Gasteiger partial charge in [0.15, 0.2) is 0 Å². The second-order valence-corrected chi connectivity index (χ2v) is 7.62. The number of carbonyl (C=O) groups excluding carboxylic acids is 2. The molecule has 6 nitrogen and oxygen atoms in total. The molecule has 1 aromatic rings. The summed E-state index contributed by atoms with van der Waals surface area (Å²) in [5.41, 5.74) is 1.16. The number of aliphatic hydroxyl groups is 1. The fourth-order valence-electron chi connectivity index (χ4n) is 3.98. The lowest BCUT2D eigenvalue weighted by Gasteiger charge is -2.37. The van der Waals surface area contributed by atoms with Gasteiger partial charge in [-0.05, 0) is 49.3 Å². The molecule has 27 heavy (non-hydrogen) atoms. The van der Waals surface area contributed by atoms with Crippen LogP contribution in [0.5, 0.6) is 5.75 Å². The molecule has 0 spiro atoms. The van der Waals surface area contributed by atoms with Gasteiger partial charge in [-0.3, -0.25) is 9.59 Å². The van der Waals surface area contributed by atoms with Crippen LogP contribution >= 0.6 is 0 Å². The first kappa shape index (κ1) is 19.7. The Kier molecular flexibility index (Phi) is 6.72. The molecule has 0 bridgehead atoms. The zero-order chi connectivity index (χ0) is 19.2. The number of methoxy groups -OCH3 is 1. The maximum absolute atomic E-state index is 12.9. The van der Waals surface area contributed by atoms with Crippen molar-refractivity contribution in [2.75, 3.05) is 39.9 Å². The van der Waals surface area contributed by atoms with E-state index in [0.29, 0.717) is 31.8 Å². The summed E-state index contributed by atoms with van der Waals surface area (Å²) < 4.78 is 5.17. The number of benzene rings is 1. The second kappa shape index (κ2) is 9.22. The van der Waals surface area contributed by atoms with Crippen LogP contribution in [0.25, 0.3) is 0 Å². The average molecular weight is 374 g/mol. The number of carbonyl (C=O) groups is 2. The first-order chi connectivity index (χ1) is 13.1. The third-order valence-electron chi connectivity index (χ3n) is 5.86. The van der Waals surface area contributed by atoms with Crippen LogP contribution in [0.4, 0.5) is 0 Å². The summed E-state index contributed by atoms with van der Waals surface area (Å²) in [6.45, 7) is 2.81. The van der Waals surface area contributed by atoms with Crippen LogP contribution < -0.4 is 4.74 Å². The van der Waals surface area contributed by atoms with Crippen LogP contribution in [-0.2, 0) is 16.0 Å². The highest BCUT2D eigenvalue weighted by atomic mass is 16.5. The van der Waals surface area contributed by atoms with E-state index in [2.05, 4.69) is 0 Å². The topological polar surface area (TPSA) is 70.1 Å². The Morgan fingerprint density at radius 1 is 1.19 bits per heavy atom. The normalized spacial score (nSPS) is 21.4. The van der Waals surface area contributed by atoms with Gasteiger partial charge in [-0.25, -0.2) is 0 Å². The highest BCUT2D eigenvalue weighted by Crippen LogP contribution is 2.24. The van der Waals surface area contributed by atoms with Crippen molar-refractivity contribution in [3.63, 3.8) is 0 Å². The summed E-state index contributed by atoms with van der Waals surface area (Å²) in [7, 11) is 1.64. The molecule has 1 atom stereocenters. The molecular weight excluding hydrogens is 344 g/mol. The van der Waals surface area contributed by atoms with Crippen LogP contribution in [0.15, 0.2) is 24.3 Å².